The van der Waals surface area contributed by atoms with Crippen LogP contribution in [-0.4, -0.2) is 26.4 Å². The average Bonchev–Trinajstić information content (AvgIpc) is 3.14. The number of nitrogens with zero attached hydrogens (tertiary/aromatic N) is 4. The topological polar surface area (TPSA) is 103 Å². The molecule has 0 bridgehead atoms. The Kier molecular flexibility index (Phi) is 4.29. The van der Waals surface area contributed by atoms with Crippen molar-refractivity contribution in [1.29, 1.82) is 0 Å². The zero-order valence-electron chi connectivity index (χ0n) is 12.4. The highest BCUT2D eigenvalue weighted by molar-refractivity contribution is 7.15. The van der Waals surface area contributed by atoms with E-state index < -0.39 is 0 Å². The van der Waals surface area contributed by atoms with Crippen LogP contribution in [0.1, 0.15) is 26.8 Å². The molecule has 3 aromatic rings. The molecule has 0 unspecified atom stereocenters. The van der Waals surface area contributed by atoms with Crippen molar-refractivity contribution in [2.45, 2.75) is 20.5 Å². The molecule has 0 fully saturated rings. The van der Waals surface area contributed by atoms with Crippen LogP contribution in [-0.2, 0) is 6.61 Å². The quantitative estimate of drug-likeness (QED) is 0.765. The van der Waals surface area contributed by atoms with Crippen molar-refractivity contribution in [1.82, 2.24) is 20.5 Å². The van der Waals surface area contributed by atoms with Gasteiger partial charge in [-0.25, -0.2) is 4.63 Å². The Morgan fingerprint density at radius 3 is 2.61 bits per heavy atom. The molecule has 0 aliphatic carbocycles. The highest BCUT2D eigenvalue weighted by Crippen LogP contribution is 2.17. The van der Waals surface area contributed by atoms with Crippen molar-refractivity contribution in [2.24, 2.45) is 0 Å². The van der Waals surface area contributed by atoms with E-state index in [-0.39, 0.29) is 12.5 Å². The summed E-state index contributed by atoms with van der Waals surface area (Å²) >= 11 is 1.32. The predicted molar refractivity (Wildman–Crippen MR) is 82.4 cm³/mol. The van der Waals surface area contributed by atoms with Gasteiger partial charge in [-0.15, -0.1) is 10.2 Å². The fourth-order valence-corrected chi connectivity index (χ4v) is 2.34. The van der Waals surface area contributed by atoms with Gasteiger partial charge >= 0.3 is 0 Å². The first-order valence-corrected chi connectivity index (χ1v) is 7.56. The van der Waals surface area contributed by atoms with E-state index in [0.717, 1.165) is 5.01 Å². The average molecular weight is 331 g/mol. The lowest BCUT2D eigenvalue weighted by Gasteiger charge is -2.05. The SMILES string of the molecule is Cc1nnc(NC(=O)c2ccc(OCc3nonc3C)cc2)s1. The maximum absolute atomic E-state index is 12.1. The van der Waals surface area contributed by atoms with Crippen LogP contribution in [0.4, 0.5) is 5.13 Å². The van der Waals surface area contributed by atoms with Gasteiger partial charge < -0.3 is 4.74 Å². The number of carbonyl (C=O) groups is 1. The zero-order chi connectivity index (χ0) is 16.2. The van der Waals surface area contributed by atoms with Gasteiger partial charge in [0.1, 0.15) is 28.8 Å². The molecule has 118 valence electrons. The molecule has 1 N–H and O–H groups in total. The van der Waals surface area contributed by atoms with Crippen molar-refractivity contribution >= 4 is 22.4 Å². The molecule has 3 rings (SSSR count). The van der Waals surface area contributed by atoms with Crippen molar-refractivity contribution in [3.05, 3.63) is 46.2 Å². The molecule has 2 aromatic heterocycles. The molecule has 0 saturated carbocycles. The summed E-state index contributed by atoms with van der Waals surface area (Å²) in [6.45, 7) is 3.87. The number of anilines is 1. The van der Waals surface area contributed by atoms with Crippen molar-refractivity contribution in [2.75, 3.05) is 5.32 Å². The van der Waals surface area contributed by atoms with Crippen LogP contribution in [0.25, 0.3) is 0 Å². The Morgan fingerprint density at radius 2 is 2.00 bits per heavy atom. The number of carbonyl (C=O) groups excluding carboxylic acids is 1. The monoisotopic (exact) mass is 331 g/mol. The standard InChI is InChI=1S/C14H13N5O3S/c1-8-12(19-22-18-8)7-21-11-5-3-10(4-6-11)13(20)15-14-17-16-9(2)23-14/h3-6H,7H2,1-2H3,(H,15,17,20). The molecule has 0 radical (unpaired) electrons. The summed E-state index contributed by atoms with van der Waals surface area (Å²) < 4.78 is 10.2. The number of ether oxygens (including phenoxy) is 1. The molecule has 0 spiro atoms. The Labute approximate surface area is 135 Å². The maximum atomic E-state index is 12.1. The van der Waals surface area contributed by atoms with Crippen LogP contribution in [0.2, 0.25) is 0 Å². The smallest absolute Gasteiger partial charge is 0.257 e. The Balaban J connectivity index is 1.60. The number of rotatable bonds is 5. The molecule has 0 saturated heterocycles. The highest BCUT2D eigenvalue weighted by Gasteiger charge is 2.10. The van der Waals surface area contributed by atoms with Crippen LogP contribution in [0.15, 0.2) is 28.9 Å². The summed E-state index contributed by atoms with van der Waals surface area (Å²) in [5, 5.41) is 19.1. The van der Waals surface area contributed by atoms with Crippen LogP contribution in [0.3, 0.4) is 0 Å². The zero-order valence-corrected chi connectivity index (χ0v) is 13.3. The van der Waals surface area contributed by atoms with Crippen LogP contribution in [0, 0.1) is 13.8 Å². The molecule has 8 nitrogen and oxygen atoms in total. The summed E-state index contributed by atoms with van der Waals surface area (Å²) in [6.07, 6.45) is 0. The molecule has 9 heteroatoms. The van der Waals surface area contributed by atoms with E-state index in [9.17, 15) is 4.79 Å². The van der Waals surface area contributed by atoms with Gasteiger partial charge in [0.15, 0.2) is 0 Å². The lowest BCUT2D eigenvalue weighted by Crippen LogP contribution is -2.11. The minimum atomic E-state index is -0.246. The fraction of sp³-hybridized carbons (Fsp3) is 0.214. The molecule has 23 heavy (non-hydrogen) atoms. The van der Waals surface area contributed by atoms with Crippen molar-refractivity contribution < 1.29 is 14.2 Å². The third-order valence-corrected chi connectivity index (χ3v) is 3.74. The number of amides is 1. The molecule has 0 atom stereocenters. The number of hydrogen-bond acceptors (Lipinski definition) is 8. The van der Waals surface area contributed by atoms with Crippen molar-refractivity contribution in [3.8, 4) is 5.75 Å². The van der Waals surface area contributed by atoms with Crippen LogP contribution in [0.5, 0.6) is 5.75 Å². The second-order valence-electron chi connectivity index (χ2n) is 4.69. The first-order valence-electron chi connectivity index (χ1n) is 6.74. The molecule has 2 heterocycles. The molecule has 0 aliphatic rings. The van der Waals surface area contributed by atoms with E-state index in [1.807, 2.05) is 6.92 Å². The Morgan fingerprint density at radius 1 is 1.22 bits per heavy atom. The number of benzene rings is 1. The van der Waals surface area contributed by atoms with Gasteiger partial charge in [-0.05, 0) is 38.1 Å². The second kappa shape index (κ2) is 6.53. The van der Waals surface area contributed by atoms with Gasteiger partial charge in [-0.3, -0.25) is 10.1 Å². The van der Waals surface area contributed by atoms with Gasteiger partial charge in [-0.2, -0.15) is 0 Å². The van der Waals surface area contributed by atoms with E-state index in [2.05, 4.69) is 30.5 Å². The Bertz CT molecular complexity index is 812. The molecule has 1 aromatic carbocycles. The summed E-state index contributed by atoms with van der Waals surface area (Å²) in [7, 11) is 0. The third-order valence-electron chi connectivity index (χ3n) is 2.98. The number of aryl methyl sites for hydroxylation is 2. The second-order valence-corrected chi connectivity index (χ2v) is 5.87. The van der Waals surface area contributed by atoms with E-state index in [1.54, 1.807) is 31.2 Å². The minimum Gasteiger partial charge on any atom is -0.487 e. The third kappa shape index (κ3) is 3.69. The van der Waals surface area contributed by atoms with Gasteiger partial charge in [-0.1, -0.05) is 21.7 Å². The predicted octanol–water partition coefficient (Wildman–Crippen LogP) is 2.37. The number of aromatic nitrogens is 4. The summed E-state index contributed by atoms with van der Waals surface area (Å²) in [4.78, 5) is 12.1. The van der Waals surface area contributed by atoms with Gasteiger partial charge in [0.05, 0.1) is 0 Å². The fourth-order valence-electron chi connectivity index (χ4n) is 1.75. The van der Waals surface area contributed by atoms with Crippen molar-refractivity contribution in [3.63, 3.8) is 0 Å². The number of nitrogens with one attached hydrogen (secondary N) is 1. The van der Waals surface area contributed by atoms with E-state index in [4.69, 9.17) is 4.74 Å². The minimum absolute atomic E-state index is 0.246. The van der Waals surface area contributed by atoms with Crippen LogP contribution < -0.4 is 10.1 Å². The molecular formula is C14H13N5O3S. The lowest BCUT2D eigenvalue weighted by molar-refractivity contribution is 0.102. The molecule has 1 amide bonds. The first-order chi connectivity index (χ1) is 11.1. The summed E-state index contributed by atoms with van der Waals surface area (Å²) in [5.41, 5.74) is 1.83. The van der Waals surface area contributed by atoms with E-state index in [1.165, 1.54) is 11.3 Å². The highest BCUT2D eigenvalue weighted by atomic mass is 32.1. The molecular weight excluding hydrogens is 318 g/mol. The van der Waals surface area contributed by atoms with E-state index in [0.29, 0.717) is 27.8 Å². The van der Waals surface area contributed by atoms with Gasteiger partial charge in [0.2, 0.25) is 5.13 Å². The largest absolute Gasteiger partial charge is 0.487 e. The lowest BCUT2D eigenvalue weighted by atomic mass is 10.2. The first kappa shape index (κ1) is 15.1. The summed E-state index contributed by atoms with van der Waals surface area (Å²) in [5.74, 6) is 0.375. The summed E-state index contributed by atoms with van der Waals surface area (Å²) in [6, 6.07) is 6.77. The van der Waals surface area contributed by atoms with Crippen LogP contribution >= 0.6 is 11.3 Å². The maximum Gasteiger partial charge on any atom is 0.257 e. The normalized spacial score (nSPS) is 10.5. The molecule has 0 aliphatic heterocycles. The van der Waals surface area contributed by atoms with E-state index >= 15 is 0 Å². The number of hydrogen-bond donors (Lipinski definition) is 1. The van der Waals surface area contributed by atoms with Gasteiger partial charge in [0, 0.05) is 5.56 Å². The van der Waals surface area contributed by atoms with Gasteiger partial charge in [0.25, 0.3) is 5.91 Å². The Hall–Kier alpha value is -2.81.